The standard InChI is InChI=1S/C21H20N6O3/c1-14(28)20(15(2)29)24-23-18-11-9-17(10-12-18)13-22-26-16(3)25-27(21(26)30)19-7-5-4-6-8-19/h4-13,28H,1-3H3/b20-14+,22-13+,24-23?. The van der Waals surface area contributed by atoms with Crippen LogP contribution in [-0.4, -0.2) is 31.6 Å². The van der Waals surface area contributed by atoms with E-state index in [1.54, 1.807) is 43.3 Å². The van der Waals surface area contributed by atoms with Crippen molar-refractivity contribution in [1.29, 1.82) is 0 Å². The molecule has 3 aromatic rings. The Kier molecular flexibility index (Phi) is 6.11. The van der Waals surface area contributed by atoms with E-state index in [0.717, 1.165) is 5.56 Å². The highest BCUT2D eigenvalue weighted by molar-refractivity contribution is 5.93. The SMILES string of the molecule is CC(=O)/C(N=Nc1ccc(/C=N/n2c(C)nn(-c3ccccc3)c2=O)cc1)=C(/C)O. The number of nitrogens with zero attached hydrogens (tertiary/aromatic N) is 6. The lowest BCUT2D eigenvalue weighted by Crippen LogP contribution is -2.21. The largest absolute Gasteiger partial charge is 0.510 e. The van der Waals surface area contributed by atoms with Gasteiger partial charge in [-0.1, -0.05) is 30.3 Å². The molecule has 152 valence electrons. The fourth-order valence-electron chi connectivity index (χ4n) is 2.59. The molecule has 0 radical (unpaired) electrons. The van der Waals surface area contributed by atoms with E-state index in [-0.39, 0.29) is 22.9 Å². The van der Waals surface area contributed by atoms with Gasteiger partial charge in [-0.25, -0.2) is 4.79 Å². The average Bonchev–Trinajstić information content (AvgIpc) is 3.01. The third-order valence-corrected chi connectivity index (χ3v) is 4.07. The topological polar surface area (TPSA) is 114 Å². The molecule has 1 aromatic heterocycles. The summed E-state index contributed by atoms with van der Waals surface area (Å²) < 4.78 is 2.51. The van der Waals surface area contributed by atoms with Crippen LogP contribution in [0.5, 0.6) is 0 Å². The molecule has 0 fully saturated rings. The number of allylic oxidation sites excluding steroid dienone is 2. The second-order valence-corrected chi connectivity index (χ2v) is 6.42. The van der Waals surface area contributed by atoms with Gasteiger partial charge in [0, 0.05) is 6.92 Å². The van der Waals surface area contributed by atoms with E-state index < -0.39 is 0 Å². The number of benzene rings is 2. The average molecular weight is 404 g/mol. The van der Waals surface area contributed by atoms with Crippen LogP contribution in [0.2, 0.25) is 0 Å². The predicted octanol–water partition coefficient (Wildman–Crippen LogP) is 3.69. The molecule has 1 N–H and O–H groups in total. The number of carbonyl (C=O) groups excluding carboxylic acids is 1. The molecule has 0 amide bonds. The number of aliphatic hydroxyl groups is 1. The predicted molar refractivity (Wildman–Crippen MR) is 113 cm³/mol. The molecule has 9 heteroatoms. The normalized spacial score (nSPS) is 12.5. The highest BCUT2D eigenvalue weighted by atomic mass is 16.3. The van der Waals surface area contributed by atoms with Crippen molar-refractivity contribution in [3.63, 3.8) is 0 Å². The van der Waals surface area contributed by atoms with Gasteiger partial charge in [0.1, 0.15) is 5.76 Å². The van der Waals surface area contributed by atoms with Crippen molar-refractivity contribution >= 4 is 17.7 Å². The van der Waals surface area contributed by atoms with E-state index in [2.05, 4.69) is 20.4 Å². The van der Waals surface area contributed by atoms with Crippen LogP contribution in [-0.2, 0) is 4.79 Å². The number of aliphatic hydroxyl groups excluding tert-OH is 1. The molecule has 0 unspecified atom stereocenters. The highest BCUT2D eigenvalue weighted by Gasteiger charge is 2.10. The summed E-state index contributed by atoms with van der Waals surface area (Å²) in [4.78, 5) is 24.0. The fourth-order valence-corrected chi connectivity index (χ4v) is 2.59. The molecule has 30 heavy (non-hydrogen) atoms. The third-order valence-electron chi connectivity index (χ3n) is 4.07. The summed E-state index contributed by atoms with van der Waals surface area (Å²) in [5.74, 6) is -0.111. The molecule has 0 aliphatic heterocycles. The molecule has 0 saturated heterocycles. The monoisotopic (exact) mass is 404 g/mol. The molecular formula is C21H20N6O3. The number of aromatic nitrogens is 3. The zero-order valence-corrected chi connectivity index (χ0v) is 16.7. The maximum Gasteiger partial charge on any atom is 0.371 e. The minimum atomic E-state index is -0.376. The lowest BCUT2D eigenvalue weighted by molar-refractivity contribution is -0.113. The van der Waals surface area contributed by atoms with Crippen molar-refractivity contribution in [2.24, 2.45) is 15.3 Å². The minimum Gasteiger partial charge on any atom is -0.510 e. The van der Waals surface area contributed by atoms with Crippen LogP contribution >= 0.6 is 0 Å². The number of Topliss-reactive ketones (excluding diaryl/α,β-unsaturated/α-hetero) is 1. The second kappa shape index (κ2) is 8.91. The second-order valence-electron chi connectivity index (χ2n) is 6.42. The van der Waals surface area contributed by atoms with Crippen LogP contribution < -0.4 is 5.69 Å². The van der Waals surface area contributed by atoms with Gasteiger partial charge in [-0.2, -0.15) is 19.6 Å². The Morgan fingerprint density at radius 3 is 2.33 bits per heavy atom. The molecule has 0 atom stereocenters. The maximum absolute atomic E-state index is 12.6. The zero-order valence-electron chi connectivity index (χ0n) is 16.7. The van der Waals surface area contributed by atoms with Crippen LogP contribution in [0.15, 0.2) is 86.2 Å². The van der Waals surface area contributed by atoms with E-state index in [0.29, 0.717) is 17.2 Å². The molecule has 0 aliphatic carbocycles. The van der Waals surface area contributed by atoms with E-state index >= 15 is 0 Å². The number of carbonyl (C=O) groups is 1. The van der Waals surface area contributed by atoms with Gasteiger partial charge in [0.2, 0.25) is 0 Å². The number of azo groups is 1. The van der Waals surface area contributed by atoms with Crippen molar-refractivity contribution in [2.45, 2.75) is 20.8 Å². The molecule has 0 saturated carbocycles. The van der Waals surface area contributed by atoms with Crippen molar-refractivity contribution in [2.75, 3.05) is 0 Å². The minimum absolute atomic E-state index is 0.0917. The zero-order chi connectivity index (χ0) is 21.7. The highest BCUT2D eigenvalue weighted by Crippen LogP contribution is 2.16. The number of rotatable bonds is 6. The van der Waals surface area contributed by atoms with E-state index in [4.69, 9.17) is 0 Å². The number of aryl methyl sites for hydroxylation is 1. The smallest absolute Gasteiger partial charge is 0.371 e. The third kappa shape index (κ3) is 4.64. The van der Waals surface area contributed by atoms with Crippen molar-refractivity contribution < 1.29 is 9.90 Å². The lowest BCUT2D eigenvalue weighted by atomic mass is 10.2. The van der Waals surface area contributed by atoms with E-state index in [1.807, 2.05) is 18.2 Å². The van der Waals surface area contributed by atoms with Crippen LogP contribution in [0.3, 0.4) is 0 Å². The van der Waals surface area contributed by atoms with Crippen molar-refractivity contribution in [3.05, 3.63) is 87.9 Å². The van der Waals surface area contributed by atoms with Crippen molar-refractivity contribution in [1.82, 2.24) is 14.5 Å². The summed E-state index contributed by atoms with van der Waals surface area (Å²) in [6.07, 6.45) is 1.53. The van der Waals surface area contributed by atoms with Crippen LogP contribution in [0, 0.1) is 6.92 Å². The van der Waals surface area contributed by atoms with Crippen molar-refractivity contribution in [3.8, 4) is 5.69 Å². The lowest BCUT2D eigenvalue weighted by Gasteiger charge is -1.98. The van der Waals surface area contributed by atoms with E-state index in [9.17, 15) is 14.7 Å². The molecule has 2 aromatic carbocycles. The number of hydrogen-bond acceptors (Lipinski definition) is 7. The first-order chi connectivity index (χ1) is 14.4. The van der Waals surface area contributed by atoms with Gasteiger partial charge in [0.25, 0.3) is 0 Å². The Morgan fingerprint density at radius 2 is 1.73 bits per heavy atom. The van der Waals surface area contributed by atoms with Gasteiger partial charge in [-0.3, -0.25) is 4.79 Å². The first kappa shape index (κ1) is 20.6. The van der Waals surface area contributed by atoms with E-state index in [1.165, 1.54) is 29.4 Å². The molecule has 0 bridgehead atoms. The molecule has 3 rings (SSSR count). The van der Waals surface area contributed by atoms with Gasteiger partial charge in [0.15, 0.2) is 17.3 Å². The maximum atomic E-state index is 12.6. The molecule has 9 nitrogen and oxygen atoms in total. The molecule has 0 aliphatic rings. The summed E-state index contributed by atoms with van der Waals surface area (Å²) in [6.45, 7) is 4.38. The fraction of sp³-hybridized carbons (Fsp3) is 0.143. The molecular weight excluding hydrogens is 384 g/mol. The van der Waals surface area contributed by atoms with Gasteiger partial charge in [-0.15, -0.1) is 10.2 Å². The number of para-hydroxylation sites is 1. The quantitative estimate of drug-likeness (QED) is 0.292. The van der Waals surface area contributed by atoms with Crippen LogP contribution in [0.1, 0.15) is 25.2 Å². The van der Waals surface area contributed by atoms with Gasteiger partial charge in [-0.05, 0) is 43.7 Å². The van der Waals surface area contributed by atoms with Gasteiger partial charge < -0.3 is 5.11 Å². The Morgan fingerprint density at radius 1 is 1.07 bits per heavy atom. The molecule has 0 spiro atoms. The molecule has 1 heterocycles. The van der Waals surface area contributed by atoms with Crippen LogP contribution in [0.4, 0.5) is 5.69 Å². The number of hydrogen-bond donors (Lipinski definition) is 1. The Bertz CT molecular complexity index is 1200. The summed E-state index contributed by atoms with van der Waals surface area (Å²) in [7, 11) is 0. The summed E-state index contributed by atoms with van der Waals surface area (Å²) >= 11 is 0. The van der Waals surface area contributed by atoms with Gasteiger partial charge >= 0.3 is 5.69 Å². The Labute approximate surface area is 172 Å². The summed E-state index contributed by atoms with van der Waals surface area (Å²) in [5.41, 5.74) is 1.42. The summed E-state index contributed by atoms with van der Waals surface area (Å²) in [6, 6.07) is 15.9. The van der Waals surface area contributed by atoms with Crippen LogP contribution in [0.25, 0.3) is 5.69 Å². The first-order valence-corrected chi connectivity index (χ1v) is 9.08. The Hall–Kier alpha value is -4.14. The van der Waals surface area contributed by atoms with Gasteiger partial charge in [0.05, 0.1) is 17.6 Å². The number of ketones is 1. The summed E-state index contributed by atoms with van der Waals surface area (Å²) in [5, 5.41) is 25.7. The first-order valence-electron chi connectivity index (χ1n) is 9.08. The Balaban J connectivity index is 1.80.